The highest BCUT2D eigenvalue weighted by Gasteiger charge is 2.23. The van der Waals surface area contributed by atoms with Gasteiger partial charge in [0.05, 0.1) is 11.3 Å². The topological polar surface area (TPSA) is 42.0 Å². The molecule has 0 fully saturated rings. The van der Waals surface area contributed by atoms with Gasteiger partial charge in [-0.05, 0) is 31.2 Å². The molecule has 0 aliphatic carbocycles. The van der Waals surface area contributed by atoms with Crippen LogP contribution in [0.25, 0.3) is 11.6 Å². The predicted octanol–water partition coefficient (Wildman–Crippen LogP) is 2.88. The maximum atomic E-state index is 11.9. The van der Waals surface area contributed by atoms with Crippen LogP contribution in [0.3, 0.4) is 0 Å². The maximum absolute atomic E-state index is 11.9. The average molecular weight is 236 g/mol. The largest absolute Gasteiger partial charge is 0.321 e. The Balaban J connectivity index is 2.10. The Morgan fingerprint density at radius 1 is 1.11 bits per heavy atom. The minimum absolute atomic E-state index is 0.0699. The molecular weight excluding hydrogens is 224 g/mol. The lowest BCUT2D eigenvalue weighted by Gasteiger charge is -1.98. The molecule has 0 radical (unpaired) electrons. The van der Waals surface area contributed by atoms with Crippen molar-refractivity contribution >= 4 is 23.2 Å². The van der Waals surface area contributed by atoms with Gasteiger partial charge in [0.1, 0.15) is 0 Å². The third-order valence-corrected chi connectivity index (χ3v) is 2.91. The molecule has 1 amide bonds. The number of rotatable bonds is 1. The van der Waals surface area contributed by atoms with Gasteiger partial charge in [-0.25, -0.2) is 0 Å². The van der Waals surface area contributed by atoms with E-state index in [2.05, 4.69) is 10.3 Å². The first-order chi connectivity index (χ1) is 8.74. The highest BCUT2D eigenvalue weighted by Crippen LogP contribution is 2.32. The van der Waals surface area contributed by atoms with E-state index in [-0.39, 0.29) is 5.91 Å². The van der Waals surface area contributed by atoms with E-state index >= 15 is 0 Å². The lowest BCUT2D eigenvalue weighted by molar-refractivity contribution is -0.110. The normalized spacial score (nSPS) is 15.6. The summed E-state index contributed by atoms with van der Waals surface area (Å²) in [7, 11) is 0. The van der Waals surface area contributed by atoms with E-state index in [0.29, 0.717) is 5.57 Å². The third kappa shape index (κ3) is 1.80. The smallest absolute Gasteiger partial charge is 0.256 e. The fourth-order valence-corrected chi connectivity index (χ4v) is 2.07. The number of fused-ring (bicyclic) bond motifs is 1. The van der Waals surface area contributed by atoms with Crippen molar-refractivity contribution in [3.63, 3.8) is 0 Å². The van der Waals surface area contributed by atoms with Gasteiger partial charge in [0, 0.05) is 16.9 Å². The third-order valence-electron chi connectivity index (χ3n) is 2.91. The first-order valence-corrected chi connectivity index (χ1v) is 5.80. The first-order valence-electron chi connectivity index (χ1n) is 5.80. The van der Waals surface area contributed by atoms with E-state index in [4.69, 9.17) is 0 Å². The van der Waals surface area contributed by atoms with Crippen LogP contribution in [0.1, 0.15) is 17.0 Å². The number of amides is 1. The molecule has 2 aromatic rings. The van der Waals surface area contributed by atoms with Gasteiger partial charge in [-0.2, -0.15) is 0 Å². The zero-order valence-electron chi connectivity index (χ0n) is 9.97. The molecule has 1 N–H and O–H groups in total. The van der Waals surface area contributed by atoms with Crippen molar-refractivity contribution in [2.75, 3.05) is 5.32 Å². The summed E-state index contributed by atoms with van der Waals surface area (Å²) in [6, 6.07) is 13.4. The molecule has 1 aromatic heterocycles. The second-order valence-corrected chi connectivity index (χ2v) is 4.26. The fourth-order valence-electron chi connectivity index (χ4n) is 2.07. The standard InChI is InChI=1S/C15H12N2O/c1-10-5-4-6-11(16-10)9-13-12-7-2-3-8-14(12)17-15(13)18/h2-9H,1H3,(H,17,18)/b13-9-. The number of para-hydroxylation sites is 1. The predicted molar refractivity (Wildman–Crippen MR) is 71.9 cm³/mol. The Morgan fingerprint density at radius 3 is 2.78 bits per heavy atom. The van der Waals surface area contributed by atoms with Crippen LogP contribution in [0.2, 0.25) is 0 Å². The lowest BCUT2D eigenvalue weighted by atomic mass is 10.1. The van der Waals surface area contributed by atoms with Crippen molar-refractivity contribution in [3.8, 4) is 0 Å². The number of nitrogens with zero attached hydrogens (tertiary/aromatic N) is 1. The minimum atomic E-state index is -0.0699. The van der Waals surface area contributed by atoms with E-state index in [0.717, 1.165) is 22.6 Å². The number of pyridine rings is 1. The average Bonchev–Trinajstić information content (AvgIpc) is 2.66. The van der Waals surface area contributed by atoms with Crippen molar-refractivity contribution in [1.82, 2.24) is 4.98 Å². The van der Waals surface area contributed by atoms with E-state index in [9.17, 15) is 4.79 Å². The summed E-state index contributed by atoms with van der Waals surface area (Å²) in [5, 5.41) is 2.85. The molecule has 0 unspecified atom stereocenters. The molecule has 3 nitrogen and oxygen atoms in total. The molecule has 0 bridgehead atoms. The van der Waals surface area contributed by atoms with Crippen LogP contribution in [-0.2, 0) is 4.79 Å². The Kier molecular flexibility index (Phi) is 2.45. The van der Waals surface area contributed by atoms with Gasteiger partial charge < -0.3 is 5.32 Å². The Labute approximate surface area is 105 Å². The lowest BCUT2D eigenvalue weighted by Crippen LogP contribution is -2.03. The van der Waals surface area contributed by atoms with Crippen molar-refractivity contribution < 1.29 is 4.79 Å². The summed E-state index contributed by atoms with van der Waals surface area (Å²) in [6.45, 7) is 1.94. The van der Waals surface area contributed by atoms with Crippen LogP contribution in [-0.4, -0.2) is 10.9 Å². The number of nitrogens with one attached hydrogen (secondary N) is 1. The second kappa shape index (κ2) is 4.11. The van der Waals surface area contributed by atoms with Crippen molar-refractivity contribution in [3.05, 3.63) is 59.4 Å². The van der Waals surface area contributed by atoms with Crippen LogP contribution >= 0.6 is 0 Å². The summed E-state index contributed by atoms with van der Waals surface area (Å²) in [5.41, 5.74) is 4.21. The summed E-state index contributed by atoms with van der Waals surface area (Å²) >= 11 is 0. The second-order valence-electron chi connectivity index (χ2n) is 4.26. The maximum Gasteiger partial charge on any atom is 0.256 e. The zero-order valence-corrected chi connectivity index (χ0v) is 9.97. The van der Waals surface area contributed by atoms with E-state index in [1.165, 1.54) is 0 Å². The van der Waals surface area contributed by atoms with Crippen molar-refractivity contribution in [1.29, 1.82) is 0 Å². The van der Waals surface area contributed by atoms with Gasteiger partial charge in [0.25, 0.3) is 5.91 Å². The van der Waals surface area contributed by atoms with Crippen LogP contribution in [0.4, 0.5) is 5.69 Å². The van der Waals surface area contributed by atoms with Gasteiger partial charge in [-0.15, -0.1) is 0 Å². The van der Waals surface area contributed by atoms with Gasteiger partial charge in [0.2, 0.25) is 0 Å². The molecule has 1 aromatic carbocycles. The molecule has 88 valence electrons. The van der Waals surface area contributed by atoms with Gasteiger partial charge in [-0.1, -0.05) is 24.3 Å². The molecule has 0 saturated heterocycles. The Hall–Kier alpha value is -2.42. The number of hydrogen-bond acceptors (Lipinski definition) is 2. The van der Waals surface area contributed by atoms with E-state index < -0.39 is 0 Å². The summed E-state index contributed by atoms with van der Waals surface area (Å²) < 4.78 is 0. The summed E-state index contributed by atoms with van der Waals surface area (Å²) in [5.74, 6) is -0.0699. The number of carbonyl (C=O) groups excluding carboxylic acids is 1. The van der Waals surface area contributed by atoms with E-state index in [1.54, 1.807) is 0 Å². The van der Waals surface area contributed by atoms with Crippen LogP contribution in [0, 0.1) is 6.92 Å². The minimum Gasteiger partial charge on any atom is -0.321 e. The SMILES string of the molecule is Cc1cccc(/C=C2\C(=O)Nc3ccccc32)n1. The molecule has 0 saturated carbocycles. The quantitative estimate of drug-likeness (QED) is 0.773. The highest BCUT2D eigenvalue weighted by atomic mass is 16.2. The number of anilines is 1. The van der Waals surface area contributed by atoms with E-state index in [1.807, 2.05) is 55.5 Å². The molecule has 0 atom stereocenters. The molecule has 2 heterocycles. The Morgan fingerprint density at radius 2 is 1.94 bits per heavy atom. The monoisotopic (exact) mass is 236 g/mol. The Bertz CT molecular complexity index is 659. The molecule has 1 aliphatic heterocycles. The van der Waals surface area contributed by atoms with Crippen molar-refractivity contribution in [2.24, 2.45) is 0 Å². The van der Waals surface area contributed by atoms with Crippen LogP contribution in [0.5, 0.6) is 0 Å². The molecule has 0 spiro atoms. The summed E-state index contributed by atoms with van der Waals surface area (Å²) in [4.78, 5) is 16.3. The van der Waals surface area contributed by atoms with Gasteiger partial charge in [-0.3, -0.25) is 9.78 Å². The number of carbonyl (C=O) groups is 1. The number of aryl methyl sites for hydroxylation is 1. The molecule has 1 aliphatic rings. The van der Waals surface area contributed by atoms with Gasteiger partial charge >= 0.3 is 0 Å². The molecule has 18 heavy (non-hydrogen) atoms. The molecular formula is C15H12N2O. The van der Waals surface area contributed by atoms with Crippen molar-refractivity contribution in [2.45, 2.75) is 6.92 Å². The summed E-state index contributed by atoms with van der Waals surface area (Å²) in [6.07, 6.45) is 1.83. The molecule has 3 heteroatoms. The molecule has 3 rings (SSSR count). The highest BCUT2D eigenvalue weighted by molar-refractivity contribution is 6.34. The van der Waals surface area contributed by atoms with Gasteiger partial charge in [0.15, 0.2) is 0 Å². The number of benzene rings is 1. The van der Waals surface area contributed by atoms with Crippen LogP contribution in [0.15, 0.2) is 42.5 Å². The van der Waals surface area contributed by atoms with Crippen LogP contribution < -0.4 is 5.32 Å². The fraction of sp³-hybridized carbons (Fsp3) is 0.0667. The first kappa shape index (κ1) is 10.7. The number of hydrogen-bond donors (Lipinski definition) is 1. The zero-order chi connectivity index (χ0) is 12.5. The number of aromatic nitrogens is 1.